The van der Waals surface area contributed by atoms with Gasteiger partial charge in [-0.3, -0.25) is 4.79 Å². The van der Waals surface area contributed by atoms with Crippen molar-refractivity contribution in [2.75, 3.05) is 26.2 Å². The minimum atomic E-state index is -0.616. The molecule has 4 nitrogen and oxygen atoms in total. The summed E-state index contributed by atoms with van der Waals surface area (Å²) in [6.07, 6.45) is 2.20. The summed E-state index contributed by atoms with van der Waals surface area (Å²) in [6.45, 7) is 2.68. The van der Waals surface area contributed by atoms with Crippen molar-refractivity contribution < 1.29 is 13.9 Å². The third-order valence-electron chi connectivity index (χ3n) is 3.22. The molecule has 1 amide bonds. The summed E-state index contributed by atoms with van der Waals surface area (Å²) in [4.78, 5) is 11.8. The van der Waals surface area contributed by atoms with E-state index in [0.717, 1.165) is 25.9 Å². The van der Waals surface area contributed by atoms with E-state index in [4.69, 9.17) is 16.3 Å². The fourth-order valence-corrected chi connectivity index (χ4v) is 2.40. The maximum absolute atomic E-state index is 13.5. The van der Waals surface area contributed by atoms with Crippen LogP contribution in [0.2, 0.25) is 5.02 Å². The lowest BCUT2D eigenvalue weighted by Gasteiger charge is -2.22. The molecule has 1 saturated heterocycles. The number of nitrogens with one attached hydrogen (secondary N) is 2. The first-order chi connectivity index (χ1) is 9.68. The Labute approximate surface area is 122 Å². The Morgan fingerprint density at radius 2 is 2.20 bits per heavy atom. The second-order valence-electron chi connectivity index (χ2n) is 4.67. The van der Waals surface area contributed by atoms with Gasteiger partial charge >= 0.3 is 0 Å². The molecule has 0 bridgehead atoms. The lowest BCUT2D eigenvalue weighted by molar-refractivity contribution is 0.0343. The number of hydrogen-bond acceptors (Lipinski definition) is 3. The van der Waals surface area contributed by atoms with Crippen LogP contribution >= 0.6 is 11.6 Å². The van der Waals surface area contributed by atoms with E-state index in [1.54, 1.807) is 0 Å². The van der Waals surface area contributed by atoms with E-state index in [0.29, 0.717) is 13.2 Å². The summed E-state index contributed by atoms with van der Waals surface area (Å²) in [5.74, 6) is -1.13. The number of hydrogen-bond donors (Lipinski definition) is 2. The van der Waals surface area contributed by atoms with Crippen molar-refractivity contribution in [3.8, 4) is 0 Å². The van der Waals surface area contributed by atoms with Gasteiger partial charge in [-0.25, -0.2) is 4.39 Å². The van der Waals surface area contributed by atoms with E-state index in [1.165, 1.54) is 18.2 Å². The second-order valence-corrected chi connectivity index (χ2v) is 5.08. The van der Waals surface area contributed by atoms with Crippen LogP contribution in [0, 0.1) is 5.82 Å². The predicted octanol–water partition coefficient (Wildman–Crippen LogP) is 1.98. The number of rotatable bonds is 5. The number of halogens is 2. The molecule has 2 N–H and O–H groups in total. The Bertz CT molecular complexity index is 444. The summed E-state index contributed by atoms with van der Waals surface area (Å²) in [6, 6.07) is 4.17. The van der Waals surface area contributed by atoms with E-state index in [-0.39, 0.29) is 16.7 Å². The summed E-state index contributed by atoms with van der Waals surface area (Å²) >= 11 is 5.82. The maximum Gasteiger partial charge on any atom is 0.255 e. The van der Waals surface area contributed by atoms with Crippen LogP contribution in [0.3, 0.4) is 0 Å². The van der Waals surface area contributed by atoms with E-state index in [2.05, 4.69) is 10.6 Å². The first-order valence-corrected chi connectivity index (χ1v) is 7.11. The molecule has 1 aliphatic heterocycles. The van der Waals surface area contributed by atoms with Crippen LogP contribution in [0.4, 0.5) is 4.39 Å². The Morgan fingerprint density at radius 1 is 1.45 bits per heavy atom. The molecule has 1 fully saturated rings. The normalized spacial score (nSPS) is 16.1. The van der Waals surface area contributed by atoms with E-state index < -0.39 is 11.7 Å². The summed E-state index contributed by atoms with van der Waals surface area (Å²) in [5.41, 5.74) is -0.115. The molecule has 1 aromatic carbocycles. The average molecular weight is 301 g/mol. The molecule has 110 valence electrons. The number of carbonyl (C=O) groups excluding carboxylic acids is 1. The zero-order valence-electron chi connectivity index (χ0n) is 11.1. The number of benzene rings is 1. The van der Waals surface area contributed by atoms with Crippen molar-refractivity contribution in [3.63, 3.8) is 0 Å². The molecule has 1 heterocycles. The number of amides is 1. The van der Waals surface area contributed by atoms with Crippen molar-refractivity contribution >= 4 is 17.5 Å². The van der Waals surface area contributed by atoms with E-state index in [1.807, 2.05) is 0 Å². The second kappa shape index (κ2) is 7.57. The molecule has 0 spiro atoms. The van der Waals surface area contributed by atoms with Gasteiger partial charge in [0, 0.05) is 6.54 Å². The molecular formula is C14H18ClFN2O2. The molecule has 1 aliphatic rings. The molecule has 20 heavy (non-hydrogen) atoms. The zero-order chi connectivity index (χ0) is 14.4. The highest BCUT2D eigenvalue weighted by Crippen LogP contribution is 2.18. The van der Waals surface area contributed by atoms with Crippen LogP contribution in [0.15, 0.2) is 18.2 Å². The minimum Gasteiger partial charge on any atom is -0.376 e. The molecule has 0 aliphatic carbocycles. The highest BCUT2D eigenvalue weighted by atomic mass is 35.5. The van der Waals surface area contributed by atoms with Crippen molar-refractivity contribution in [3.05, 3.63) is 34.6 Å². The summed E-state index contributed by atoms with van der Waals surface area (Å²) in [7, 11) is 0. The van der Waals surface area contributed by atoms with Crippen molar-refractivity contribution in [2.45, 2.75) is 18.9 Å². The minimum absolute atomic E-state index is 0.113. The van der Waals surface area contributed by atoms with Crippen LogP contribution in [0.25, 0.3) is 0 Å². The highest BCUT2D eigenvalue weighted by molar-refractivity contribution is 6.33. The molecule has 0 aromatic heterocycles. The van der Waals surface area contributed by atoms with Crippen molar-refractivity contribution in [1.29, 1.82) is 0 Å². The molecule has 0 unspecified atom stereocenters. The summed E-state index contributed by atoms with van der Waals surface area (Å²) < 4.78 is 19.2. The average Bonchev–Trinajstić information content (AvgIpc) is 2.44. The monoisotopic (exact) mass is 300 g/mol. The molecule has 2 rings (SSSR count). The Kier molecular flexibility index (Phi) is 5.76. The lowest BCUT2D eigenvalue weighted by atomic mass is 10.1. The molecule has 0 atom stereocenters. The van der Waals surface area contributed by atoms with Crippen LogP contribution in [0.5, 0.6) is 0 Å². The number of carbonyl (C=O) groups is 1. The first kappa shape index (κ1) is 15.2. The van der Waals surface area contributed by atoms with Gasteiger partial charge in [0.05, 0.1) is 23.3 Å². The van der Waals surface area contributed by atoms with Gasteiger partial charge in [-0.15, -0.1) is 0 Å². The molecular weight excluding hydrogens is 283 g/mol. The zero-order valence-corrected chi connectivity index (χ0v) is 11.9. The van der Waals surface area contributed by atoms with Crippen LogP contribution in [-0.4, -0.2) is 38.3 Å². The molecule has 0 saturated carbocycles. The van der Waals surface area contributed by atoms with Crippen molar-refractivity contribution in [2.24, 2.45) is 0 Å². The third kappa shape index (κ3) is 4.16. The topological polar surface area (TPSA) is 50.4 Å². The SMILES string of the molecule is O=C(NCCOC1CCNCC1)c1c(F)cccc1Cl. The molecule has 0 radical (unpaired) electrons. The smallest absolute Gasteiger partial charge is 0.255 e. The Morgan fingerprint density at radius 3 is 2.90 bits per heavy atom. The maximum atomic E-state index is 13.5. The van der Waals surface area contributed by atoms with Crippen LogP contribution in [-0.2, 0) is 4.74 Å². The van der Waals surface area contributed by atoms with Gasteiger partial charge < -0.3 is 15.4 Å². The van der Waals surface area contributed by atoms with Gasteiger partial charge in [0.2, 0.25) is 0 Å². The number of ether oxygens (including phenoxy) is 1. The van der Waals surface area contributed by atoms with E-state index in [9.17, 15) is 9.18 Å². The highest BCUT2D eigenvalue weighted by Gasteiger charge is 2.16. The van der Waals surface area contributed by atoms with Crippen LogP contribution in [0.1, 0.15) is 23.2 Å². The van der Waals surface area contributed by atoms with Gasteiger partial charge in [0.25, 0.3) is 5.91 Å². The molecule has 1 aromatic rings. The lowest BCUT2D eigenvalue weighted by Crippen LogP contribution is -2.35. The Balaban J connectivity index is 1.75. The van der Waals surface area contributed by atoms with Gasteiger partial charge in [0.15, 0.2) is 0 Å². The third-order valence-corrected chi connectivity index (χ3v) is 3.53. The quantitative estimate of drug-likeness (QED) is 0.818. The Hall–Kier alpha value is -1.17. The van der Waals surface area contributed by atoms with Crippen molar-refractivity contribution in [1.82, 2.24) is 10.6 Å². The summed E-state index contributed by atoms with van der Waals surface area (Å²) in [5, 5.41) is 5.98. The molecule has 6 heteroatoms. The van der Waals surface area contributed by atoms with Crippen LogP contribution < -0.4 is 10.6 Å². The van der Waals surface area contributed by atoms with Gasteiger partial charge in [-0.05, 0) is 38.1 Å². The fourth-order valence-electron chi connectivity index (χ4n) is 2.16. The number of piperidine rings is 1. The largest absolute Gasteiger partial charge is 0.376 e. The van der Waals surface area contributed by atoms with E-state index >= 15 is 0 Å². The first-order valence-electron chi connectivity index (χ1n) is 6.73. The van der Waals surface area contributed by atoms with Gasteiger partial charge in [0.1, 0.15) is 5.82 Å². The fraction of sp³-hybridized carbons (Fsp3) is 0.500. The van der Waals surface area contributed by atoms with Gasteiger partial charge in [-0.1, -0.05) is 17.7 Å². The van der Waals surface area contributed by atoms with Gasteiger partial charge in [-0.2, -0.15) is 0 Å². The predicted molar refractivity (Wildman–Crippen MR) is 75.6 cm³/mol. The standard InChI is InChI=1S/C14H18ClFN2O2/c15-11-2-1-3-12(16)13(11)14(19)18-8-9-20-10-4-6-17-7-5-10/h1-3,10,17H,4-9H2,(H,18,19).